The number of nitrogens with zero attached hydrogens (tertiary/aromatic N) is 1. The van der Waals surface area contributed by atoms with Gasteiger partial charge < -0.3 is 10.1 Å². The third kappa shape index (κ3) is 9.84. The fraction of sp³-hybridized carbons (Fsp3) is 0.786. The van der Waals surface area contributed by atoms with Gasteiger partial charge in [-0.25, -0.2) is 4.79 Å². The number of hydrogen-bond donors (Lipinski definition) is 2. The van der Waals surface area contributed by atoms with E-state index in [2.05, 4.69) is 10.6 Å². The van der Waals surface area contributed by atoms with E-state index in [1.807, 2.05) is 34.6 Å². The number of rotatable bonds is 6. The van der Waals surface area contributed by atoms with Crippen LogP contribution >= 0.6 is 0 Å². The third-order valence-corrected chi connectivity index (χ3v) is 2.46. The molecule has 0 saturated heterocycles. The lowest BCUT2D eigenvalue weighted by Crippen LogP contribution is -2.51. The molecule has 0 spiro atoms. The first-order chi connectivity index (χ1) is 9.55. The number of hydrogen-bond acceptors (Lipinski definition) is 5. The fourth-order valence-corrected chi connectivity index (χ4v) is 1.52. The Kier molecular flexibility index (Phi) is 7.94. The summed E-state index contributed by atoms with van der Waals surface area (Å²) in [5.41, 5.74) is -0.424. The van der Waals surface area contributed by atoms with Gasteiger partial charge in [0.05, 0.1) is 19.7 Å². The van der Waals surface area contributed by atoms with Gasteiger partial charge in [0.15, 0.2) is 0 Å². The summed E-state index contributed by atoms with van der Waals surface area (Å²) in [4.78, 5) is 36.5. The molecule has 0 aromatic carbocycles. The Balaban J connectivity index is 4.42. The highest BCUT2D eigenvalue weighted by Crippen LogP contribution is 2.00. The van der Waals surface area contributed by atoms with Crippen LogP contribution in [0.5, 0.6) is 0 Å². The Bertz CT molecular complexity index is 375. The minimum absolute atomic E-state index is 0.0137. The second-order valence-electron chi connectivity index (χ2n) is 6.06. The van der Waals surface area contributed by atoms with Crippen LogP contribution in [0.25, 0.3) is 0 Å². The quantitative estimate of drug-likeness (QED) is 0.711. The maximum atomic E-state index is 11.8. The summed E-state index contributed by atoms with van der Waals surface area (Å²) < 4.78 is 4.86. The molecule has 2 N–H and O–H groups in total. The molecule has 0 aromatic rings. The van der Waals surface area contributed by atoms with E-state index in [4.69, 9.17) is 4.74 Å². The molecule has 0 aliphatic carbocycles. The lowest BCUT2D eigenvalue weighted by Gasteiger charge is -2.25. The van der Waals surface area contributed by atoms with Crippen molar-refractivity contribution in [1.29, 1.82) is 0 Å². The Morgan fingerprint density at radius 1 is 1.14 bits per heavy atom. The topological polar surface area (TPSA) is 87.7 Å². The zero-order chi connectivity index (χ0) is 16.6. The Morgan fingerprint density at radius 2 is 1.71 bits per heavy atom. The largest absolute Gasteiger partial charge is 0.465 e. The number of amides is 3. The number of imide groups is 1. The van der Waals surface area contributed by atoms with Gasteiger partial charge in [0, 0.05) is 11.6 Å². The van der Waals surface area contributed by atoms with Crippen LogP contribution in [0.3, 0.4) is 0 Å². The Labute approximate surface area is 126 Å². The maximum Gasteiger partial charge on any atom is 0.321 e. The van der Waals surface area contributed by atoms with Crippen molar-refractivity contribution in [2.75, 3.05) is 19.7 Å². The molecule has 21 heavy (non-hydrogen) atoms. The summed E-state index contributed by atoms with van der Waals surface area (Å²) in [6.07, 6.45) is 0. The van der Waals surface area contributed by atoms with E-state index in [1.165, 1.54) is 0 Å². The van der Waals surface area contributed by atoms with Crippen LogP contribution in [0.4, 0.5) is 4.79 Å². The summed E-state index contributed by atoms with van der Waals surface area (Å²) in [6.45, 7) is 11.2. The molecule has 0 aromatic heterocycles. The van der Waals surface area contributed by atoms with E-state index in [0.717, 1.165) is 0 Å². The normalized spacial score (nSPS) is 11.4. The molecule has 0 fully saturated rings. The smallest absolute Gasteiger partial charge is 0.321 e. The van der Waals surface area contributed by atoms with E-state index in [9.17, 15) is 14.4 Å². The lowest BCUT2D eigenvalue weighted by molar-refractivity contribution is -0.145. The van der Waals surface area contributed by atoms with Gasteiger partial charge in [0.25, 0.3) is 0 Å². The van der Waals surface area contributed by atoms with Gasteiger partial charge in [0.2, 0.25) is 5.91 Å². The van der Waals surface area contributed by atoms with Gasteiger partial charge in [-0.1, -0.05) is 0 Å². The summed E-state index contributed by atoms with van der Waals surface area (Å²) >= 11 is 0. The van der Waals surface area contributed by atoms with Gasteiger partial charge in [0.1, 0.15) is 0 Å². The molecule has 0 saturated carbocycles. The monoisotopic (exact) mass is 301 g/mol. The number of urea groups is 1. The summed E-state index contributed by atoms with van der Waals surface area (Å²) in [5.74, 6) is -0.854. The molecular formula is C14H27N3O4. The van der Waals surface area contributed by atoms with E-state index >= 15 is 0 Å². The van der Waals surface area contributed by atoms with E-state index in [0.29, 0.717) is 6.61 Å². The third-order valence-electron chi connectivity index (χ3n) is 2.46. The van der Waals surface area contributed by atoms with Crippen molar-refractivity contribution in [3.8, 4) is 0 Å². The van der Waals surface area contributed by atoms with Gasteiger partial charge >= 0.3 is 12.0 Å². The first-order valence-corrected chi connectivity index (χ1v) is 7.06. The molecular weight excluding hydrogens is 274 g/mol. The first kappa shape index (κ1) is 19.4. The van der Waals surface area contributed by atoms with Crippen LogP contribution in [-0.4, -0.2) is 54.1 Å². The van der Waals surface area contributed by atoms with E-state index in [1.54, 1.807) is 11.8 Å². The van der Waals surface area contributed by atoms with Crippen molar-refractivity contribution < 1.29 is 19.1 Å². The second kappa shape index (κ2) is 8.61. The van der Waals surface area contributed by atoms with Crippen molar-refractivity contribution in [2.24, 2.45) is 0 Å². The Morgan fingerprint density at radius 3 is 2.14 bits per heavy atom. The fourth-order valence-electron chi connectivity index (χ4n) is 1.52. The minimum Gasteiger partial charge on any atom is -0.465 e. The molecule has 7 heteroatoms. The van der Waals surface area contributed by atoms with Crippen molar-refractivity contribution in [3.05, 3.63) is 0 Å². The predicted molar refractivity (Wildman–Crippen MR) is 79.8 cm³/mol. The lowest BCUT2D eigenvalue weighted by atomic mass is 10.1. The highest BCUT2D eigenvalue weighted by Gasteiger charge is 2.20. The van der Waals surface area contributed by atoms with Crippen molar-refractivity contribution >= 4 is 17.9 Å². The number of carbonyl (C=O) groups is 3. The standard InChI is InChI=1S/C14H27N3O4/c1-7-21-12(19)9-17(10(2)3)8-11(18)15-13(20)16-14(4,5)6/h10H,7-9H2,1-6H3,(H2,15,16,18,20). The maximum absolute atomic E-state index is 11.8. The second-order valence-corrected chi connectivity index (χ2v) is 6.06. The van der Waals surface area contributed by atoms with Crippen LogP contribution in [0.2, 0.25) is 0 Å². The molecule has 0 aliphatic heterocycles. The molecule has 0 bridgehead atoms. The predicted octanol–water partition coefficient (Wildman–Crippen LogP) is 0.884. The molecule has 0 heterocycles. The van der Waals surface area contributed by atoms with Crippen LogP contribution in [0.15, 0.2) is 0 Å². The van der Waals surface area contributed by atoms with Crippen molar-refractivity contribution in [2.45, 2.75) is 53.1 Å². The highest BCUT2D eigenvalue weighted by molar-refractivity contribution is 5.95. The average Bonchev–Trinajstić information content (AvgIpc) is 2.24. The number of carbonyl (C=O) groups excluding carboxylic acids is 3. The van der Waals surface area contributed by atoms with Gasteiger partial charge in [-0.05, 0) is 41.5 Å². The molecule has 0 radical (unpaired) electrons. The molecule has 0 rings (SSSR count). The van der Waals surface area contributed by atoms with Crippen LogP contribution < -0.4 is 10.6 Å². The number of nitrogens with one attached hydrogen (secondary N) is 2. The summed E-state index contributed by atoms with van der Waals surface area (Å²) in [7, 11) is 0. The summed E-state index contributed by atoms with van der Waals surface area (Å²) in [5, 5.41) is 4.88. The van der Waals surface area contributed by atoms with Crippen LogP contribution in [0, 0.1) is 0 Å². The zero-order valence-corrected chi connectivity index (χ0v) is 13.8. The zero-order valence-electron chi connectivity index (χ0n) is 13.8. The minimum atomic E-state index is -0.549. The van der Waals surface area contributed by atoms with E-state index < -0.39 is 23.4 Å². The number of ether oxygens (including phenoxy) is 1. The number of esters is 1. The van der Waals surface area contributed by atoms with E-state index in [-0.39, 0.29) is 19.1 Å². The average molecular weight is 301 g/mol. The van der Waals surface area contributed by atoms with Gasteiger partial charge in [-0.2, -0.15) is 0 Å². The van der Waals surface area contributed by atoms with Gasteiger partial charge in [-0.15, -0.1) is 0 Å². The van der Waals surface area contributed by atoms with Gasteiger partial charge in [-0.3, -0.25) is 19.8 Å². The summed E-state index contributed by atoms with van der Waals surface area (Å²) in [6, 6.07) is -0.571. The Hall–Kier alpha value is -1.63. The molecule has 7 nitrogen and oxygen atoms in total. The SMILES string of the molecule is CCOC(=O)CN(CC(=O)NC(=O)NC(C)(C)C)C(C)C. The molecule has 122 valence electrons. The molecule has 0 atom stereocenters. The van der Waals surface area contributed by atoms with Crippen molar-refractivity contribution in [1.82, 2.24) is 15.5 Å². The van der Waals surface area contributed by atoms with Crippen LogP contribution in [-0.2, 0) is 14.3 Å². The highest BCUT2D eigenvalue weighted by atomic mass is 16.5. The van der Waals surface area contributed by atoms with Crippen molar-refractivity contribution in [3.63, 3.8) is 0 Å². The van der Waals surface area contributed by atoms with Crippen LogP contribution in [0.1, 0.15) is 41.5 Å². The molecule has 0 unspecified atom stereocenters. The first-order valence-electron chi connectivity index (χ1n) is 7.06. The molecule has 3 amide bonds. The molecule has 0 aliphatic rings.